The minimum Gasteiger partial charge on any atom is -0.469 e. The summed E-state index contributed by atoms with van der Waals surface area (Å²) in [4.78, 5) is 15.5. The van der Waals surface area contributed by atoms with Crippen LogP contribution in [0.2, 0.25) is 0 Å². The van der Waals surface area contributed by atoms with Gasteiger partial charge in [0.1, 0.15) is 11.1 Å². The number of methoxy groups -OCH3 is 1. The van der Waals surface area contributed by atoms with E-state index in [-0.39, 0.29) is 11.4 Å². The Morgan fingerprint density at radius 2 is 2.42 bits per heavy atom. The first kappa shape index (κ1) is 13.7. The van der Waals surface area contributed by atoms with Crippen LogP contribution in [0.3, 0.4) is 0 Å². The number of nitrogens with zero attached hydrogens (tertiary/aromatic N) is 2. The molecule has 5 nitrogen and oxygen atoms in total. The summed E-state index contributed by atoms with van der Waals surface area (Å²) in [6, 6.07) is 3.62. The third-order valence-corrected chi connectivity index (χ3v) is 4.60. The number of pyridine rings is 1. The van der Waals surface area contributed by atoms with Gasteiger partial charge in [-0.2, -0.15) is 5.26 Å². The van der Waals surface area contributed by atoms with Crippen LogP contribution < -0.4 is 5.73 Å². The van der Waals surface area contributed by atoms with Crippen LogP contribution in [0.1, 0.15) is 24.8 Å². The minimum absolute atomic E-state index is 0.0414. The summed E-state index contributed by atoms with van der Waals surface area (Å²) < 4.78 is 4.71. The summed E-state index contributed by atoms with van der Waals surface area (Å²) in [7, 11) is 1.41. The third kappa shape index (κ3) is 3.38. The van der Waals surface area contributed by atoms with Gasteiger partial charge in [-0.1, -0.05) is 0 Å². The molecule has 0 bridgehead atoms. The van der Waals surface area contributed by atoms with Crippen molar-refractivity contribution in [3.8, 4) is 6.07 Å². The van der Waals surface area contributed by atoms with Gasteiger partial charge in [-0.25, -0.2) is 4.98 Å². The molecule has 1 saturated carbocycles. The average Bonchev–Trinajstić information content (AvgIpc) is 3.17. The molecule has 19 heavy (non-hydrogen) atoms. The number of hydrogen-bond acceptors (Lipinski definition) is 6. The normalized spacial score (nSPS) is 15.6. The molecule has 1 aliphatic rings. The van der Waals surface area contributed by atoms with Crippen molar-refractivity contribution < 1.29 is 9.53 Å². The van der Waals surface area contributed by atoms with Crippen molar-refractivity contribution in [2.24, 2.45) is 5.41 Å². The monoisotopic (exact) mass is 277 g/mol. The van der Waals surface area contributed by atoms with Crippen LogP contribution in [0.4, 0.5) is 5.69 Å². The van der Waals surface area contributed by atoms with Crippen LogP contribution in [0.25, 0.3) is 0 Å². The van der Waals surface area contributed by atoms with E-state index in [1.165, 1.54) is 25.1 Å². The van der Waals surface area contributed by atoms with Gasteiger partial charge >= 0.3 is 5.97 Å². The Morgan fingerprint density at radius 3 is 2.95 bits per heavy atom. The zero-order valence-corrected chi connectivity index (χ0v) is 11.5. The van der Waals surface area contributed by atoms with Crippen molar-refractivity contribution in [1.82, 2.24) is 4.98 Å². The summed E-state index contributed by atoms with van der Waals surface area (Å²) in [5, 5.41) is 9.46. The largest absolute Gasteiger partial charge is 0.469 e. The molecule has 1 fully saturated rings. The van der Waals surface area contributed by atoms with Gasteiger partial charge < -0.3 is 10.5 Å². The lowest BCUT2D eigenvalue weighted by atomic mass is 10.1. The second-order valence-corrected chi connectivity index (χ2v) is 5.74. The van der Waals surface area contributed by atoms with Crippen LogP contribution in [-0.4, -0.2) is 23.8 Å². The molecule has 1 aromatic rings. The second kappa shape index (κ2) is 5.49. The summed E-state index contributed by atoms with van der Waals surface area (Å²) >= 11 is 1.53. The molecule has 2 rings (SSSR count). The smallest absolute Gasteiger partial charge is 0.306 e. The average molecular weight is 277 g/mol. The number of carbonyl (C=O) groups excluding carboxylic acids is 1. The molecule has 1 heterocycles. The third-order valence-electron chi connectivity index (χ3n) is 3.23. The van der Waals surface area contributed by atoms with E-state index in [4.69, 9.17) is 15.7 Å². The highest BCUT2D eigenvalue weighted by Gasteiger charge is 2.44. The maximum atomic E-state index is 11.3. The lowest BCUT2D eigenvalue weighted by molar-refractivity contribution is -0.141. The molecule has 100 valence electrons. The highest BCUT2D eigenvalue weighted by molar-refractivity contribution is 7.99. The Bertz CT molecular complexity index is 535. The first-order chi connectivity index (χ1) is 9.08. The molecule has 1 aliphatic carbocycles. The Kier molecular flexibility index (Phi) is 3.96. The number of carbonyl (C=O) groups is 1. The van der Waals surface area contributed by atoms with E-state index < -0.39 is 0 Å². The summed E-state index contributed by atoms with van der Waals surface area (Å²) in [5.74, 6) is 0.629. The molecule has 0 radical (unpaired) electrons. The zero-order chi connectivity index (χ0) is 13.9. The summed E-state index contributed by atoms with van der Waals surface area (Å²) in [6.07, 6.45) is 4.03. The molecule has 0 spiro atoms. The first-order valence-electron chi connectivity index (χ1n) is 5.94. The van der Waals surface area contributed by atoms with E-state index in [2.05, 4.69) is 4.98 Å². The Morgan fingerprint density at radius 1 is 1.68 bits per heavy atom. The van der Waals surface area contributed by atoms with Crippen LogP contribution in [-0.2, 0) is 9.53 Å². The molecule has 0 saturated heterocycles. The van der Waals surface area contributed by atoms with E-state index in [0.29, 0.717) is 17.7 Å². The maximum Gasteiger partial charge on any atom is 0.306 e. The highest BCUT2D eigenvalue weighted by Crippen LogP contribution is 2.52. The molecule has 6 heteroatoms. The van der Waals surface area contributed by atoms with E-state index in [1.807, 2.05) is 6.07 Å². The fourth-order valence-corrected chi connectivity index (χ4v) is 2.99. The van der Waals surface area contributed by atoms with Crippen molar-refractivity contribution in [3.05, 3.63) is 17.8 Å². The fourth-order valence-electron chi connectivity index (χ4n) is 1.80. The summed E-state index contributed by atoms with van der Waals surface area (Å²) in [6.45, 7) is 0. The van der Waals surface area contributed by atoms with Gasteiger partial charge in [-0.3, -0.25) is 4.79 Å². The number of hydrogen-bond donors (Lipinski definition) is 1. The molecule has 2 N–H and O–H groups in total. The van der Waals surface area contributed by atoms with E-state index in [1.54, 1.807) is 6.07 Å². The number of esters is 1. The SMILES string of the molecule is COC(=O)CC1(CSc2ncc(C#N)cc2N)CC1. The molecule has 0 aliphatic heterocycles. The Hall–Kier alpha value is -1.74. The number of nitrogens with two attached hydrogens (primary N) is 1. The second-order valence-electron chi connectivity index (χ2n) is 4.77. The number of ether oxygens (including phenoxy) is 1. The number of aromatic nitrogens is 1. The number of nitriles is 1. The molecule has 1 aromatic heterocycles. The number of anilines is 1. The van der Waals surface area contributed by atoms with Crippen molar-refractivity contribution in [2.45, 2.75) is 24.3 Å². The fraction of sp³-hybridized carbons (Fsp3) is 0.462. The number of thioether (sulfide) groups is 1. The van der Waals surface area contributed by atoms with E-state index >= 15 is 0 Å². The van der Waals surface area contributed by atoms with Gasteiger partial charge in [0.2, 0.25) is 0 Å². The minimum atomic E-state index is -0.168. The van der Waals surface area contributed by atoms with Gasteiger partial charge in [0, 0.05) is 11.9 Å². The molecule has 0 aromatic carbocycles. The van der Waals surface area contributed by atoms with Gasteiger partial charge in [0.25, 0.3) is 0 Å². The van der Waals surface area contributed by atoms with Crippen molar-refractivity contribution in [1.29, 1.82) is 5.26 Å². The van der Waals surface area contributed by atoms with Gasteiger partial charge in [-0.05, 0) is 24.3 Å². The van der Waals surface area contributed by atoms with Crippen LogP contribution in [0.15, 0.2) is 17.3 Å². The standard InChI is InChI=1S/C13H15N3O2S/c1-18-11(17)5-13(2-3-13)8-19-12-10(15)4-9(6-14)7-16-12/h4,7H,2-3,5,8,15H2,1H3. The molecular weight excluding hydrogens is 262 g/mol. The quantitative estimate of drug-likeness (QED) is 0.654. The number of rotatable bonds is 5. The van der Waals surface area contributed by atoms with Crippen molar-refractivity contribution >= 4 is 23.4 Å². The molecule has 0 amide bonds. The van der Waals surface area contributed by atoms with E-state index in [9.17, 15) is 4.79 Å². The Balaban J connectivity index is 1.96. The lowest BCUT2D eigenvalue weighted by Crippen LogP contribution is -2.13. The number of nitrogen functional groups attached to an aromatic ring is 1. The zero-order valence-electron chi connectivity index (χ0n) is 10.7. The van der Waals surface area contributed by atoms with Crippen LogP contribution >= 0.6 is 11.8 Å². The van der Waals surface area contributed by atoms with Gasteiger partial charge in [0.15, 0.2) is 0 Å². The predicted octanol–water partition coefficient (Wildman–Crippen LogP) is 1.97. The molecular formula is C13H15N3O2S. The molecule has 0 atom stereocenters. The van der Waals surface area contributed by atoms with E-state index in [0.717, 1.165) is 23.6 Å². The van der Waals surface area contributed by atoms with Crippen LogP contribution in [0, 0.1) is 16.7 Å². The topological polar surface area (TPSA) is 89.0 Å². The van der Waals surface area contributed by atoms with Crippen molar-refractivity contribution in [3.63, 3.8) is 0 Å². The van der Waals surface area contributed by atoms with Crippen LogP contribution in [0.5, 0.6) is 0 Å². The van der Waals surface area contributed by atoms with Gasteiger partial charge in [0.05, 0.1) is 24.8 Å². The predicted molar refractivity (Wildman–Crippen MR) is 72.4 cm³/mol. The first-order valence-corrected chi connectivity index (χ1v) is 6.92. The maximum absolute atomic E-state index is 11.3. The van der Waals surface area contributed by atoms with Crippen molar-refractivity contribution in [2.75, 3.05) is 18.6 Å². The van der Waals surface area contributed by atoms with Gasteiger partial charge in [-0.15, -0.1) is 11.8 Å². The lowest BCUT2D eigenvalue weighted by Gasteiger charge is -2.13. The molecule has 0 unspecified atom stereocenters. The Labute approximate surface area is 116 Å². The highest BCUT2D eigenvalue weighted by atomic mass is 32.2. The summed E-state index contributed by atoms with van der Waals surface area (Å²) in [5.41, 5.74) is 6.86.